The normalized spacial score (nSPS) is 15.0. The third kappa shape index (κ3) is 5.74. The van der Waals surface area contributed by atoms with Crippen LogP contribution >= 0.6 is 0 Å². The summed E-state index contributed by atoms with van der Waals surface area (Å²) < 4.78 is 21.6. The summed E-state index contributed by atoms with van der Waals surface area (Å²) in [6.45, 7) is 5.32. The average molecular weight is 524 g/mol. The predicted octanol–water partition coefficient (Wildman–Crippen LogP) is 1.33. The fourth-order valence-corrected chi connectivity index (χ4v) is 4.24. The number of hydrogen-bond acceptors (Lipinski definition) is 11. The van der Waals surface area contributed by atoms with Crippen LogP contribution in [0.3, 0.4) is 0 Å². The van der Waals surface area contributed by atoms with Gasteiger partial charge in [-0.05, 0) is 23.8 Å². The molecule has 2 aliphatic heterocycles. The van der Waals surface area contributed by atoms with Crippen molar-refractivity contribution < 1.29 is 28.2 Å². The zero-order valence-corrected chi connectivity index (χ0v) is 21.0. The fourth-order valence-electron chi connectivity index (χ4n) is 4.24. The number of carbonyl (C=O) groups excluding carboxylic acids is 2. The van der Waals surface area contributed by atoms with E-state index in [9.17, 15) is 9.59 Å². The van der Waals surface area contributed by atoms with Gasteiger partial charge in [-0.1, -0.05) is 11.2 Å². The summed E-state index contributed by atoms with van der Waals surface area (Å²) in [6.07, 6.45) is 3.26. The first kappa shape index (κ1) is 25.6. The second-order valence-corrected chi connectivity index (χ2v) is 8.64. The van der Waals surface area contributed by atoms with Crippen LogP contribution in [0.1, 0.15) is 26.6 Å². The lowest BCUT2D eigenvalue weighted by atomic mass is 10.1. The van der Waals surface area contributed by atoms with Crippen LogP contribution in [0.15, 0.2) is 41.1 Å². The number of pyridine rings is 1. The first-order valence-electron chi connectivity index (χ1n) is 12.3. The van der Waals surface area contributed by atoms with Gasteiger partial charge in [-0.15, -0.1) is 5.10 Å². The SMILES string of the molecule is COCCOCCOc1ccc2c(c1)C(=O)N(c1nnc(C(=O)Nc3cnccc3N3CCNCC3)o1)C2. The molecule has 0 aliphatic carbocycles. The molecular formula is C25H29N7O6. The summed E-state index contributed by atoms with van der Waals surface area (Å²) in [6, 6.07) is 7.09. The first-order chi connectivity index (χ1) is 18.6. The van der Waals surface area contributed by atoms with E-state index in [4.69, 9.17) is 18.6 Å². The van der Waals surface area contributed by atoms with E-state index in [1.54, 1.807) is 31.6 Å². The lowest BCUT2D eigenvalue weighted by molar-refractivity contribution is 0.0544. The second kappa shape index (κ2) is 12.0. The number of nitrogens with one attached hydrogen (secondary N) is 2. The van der Waals surface area contributed by atoms with Gasteiger partial charge in [0, 0.05) is 45.0 Å². The van der Waals surface area contributed by atoms with Crippen LogP contribution in [0.25, 0.3) is 0 Å². The van der Waals surface area contributed by atoms with E-state index < -0.39 is 5.91 Å². The summed E-state index contributed by atoms with van der Waals surface area (Å²) >= 11 is 0. The van der Waals surface area contributed by atoms with Gasteiger partial charge in [0.25, 0.3) is 5.91 Å². The molecule has 0 unspecified atom stereocenters. The van der Waals surface area contributed by atoms with E-state index in [0.717, 1.165) is 37.4 Å². The third-order valence-electron chi connectivity index (χ3n) is 6.16. The third-order valence-corrected chi connectivity index (χ3v) is 6.16. The van der Waals surface area contributed by atoms with Crippen molar-refractivity contribution in [3.8, 4) is 5.75 Å². The Labute approximate surface area is 219 Å². The molecule has 0 saturated carbocycles. The van der Waals surface area contributed by atoms with Crippen LogP contribution in [0.2, 0.25) is 0 Å². The number of anilines is 3. The van der Waals surface area contributed by atoms with E-state index in [1.165, 1.54) is 4.90 Å². The van der Waals surface area contributed by atoms with Crippen molar-refractivity contribution in [2.24, 2.45) is 0 Å². The summed E-state index contributed by atoms with van der Waals surface area (Å²) in [5.74, 6) is -0.598. The summed E-state index contributed by atoms with van der Waals surface area (Å²) in [7, 11) is 1.61. The molecule has 0 bridgehead atoms. The summed E-state index contributed by atoms with van der Waals surface area (Å²) in [4.78, 5) is 33.6. The van der Waals surface area contributed by atoms with Crippen LogP contribution in [-0.4, -0.2) is 86.7 Å². The maximum atomic E-state index is 13.1. The topological polar surface area (TPSA) is 144 Å². The van der Waals surface area contributed by atoms with Gasteiger partial charge in [-0.3, -0.25) is 19.5 Å². The molecule has 3 aromatic rings. The minimum Gasteiger partial charge on any atom is -0.491 e. The standard InChI is InChI=1S/C25H29N7O6/c1-35-10-11-36-12-13-37-18-3-2-17-16-32(24(34)19(17)14-18)25-30-29-23(38-25)22(33)28-20-15-27-5-4-21(20)31-8-6-26-7-9-31/h2-5,14-15,26H,6-13,16H2,1H3,(H,28,33). The molecule has 38 heavy (non-hydrogen) atoms. The van der Waals surface area contributed by atoms with Crippen LogP contribution < -0.4 is 25.2 Å². The van der Waals surface area contributed by atoms with Gasteiger partial charge in [-0.25, -0.2) is 0 Å². The van der Waals surface area contributed by atoms with Crippen LogP contribution in [-0.2, 0) is 16.0 Å². The molecule has 5 rings (SSSR count). The minimum absolute atomic E-state index is 0.0566. The summed E-state index contributed by atoms with van der Waals surface area (Å²) in [5, 5.41) is 13.9. The number of hydrogen-bond donors (Lipinski definition) is 2. The van der Waals surface area contributed by atoms with E-state index >= 15 is 0 Å². The van der Waals surface area contributed by atoms with Crippen molar-refractivity contribution in [2.75, 3.05) is 74.8 Å². The van der Waals surface area contributed by atoms with Gasteiger partial charge < -0.3 is 34.2 Å². The number of aromatic nitrogens is 3. The minimum atomic E-state index is -0.583. The number of nitrogens with zero attached hydrogens (tertiary/aromatic N) is 5. The molecule has 2 aromatic heterocycles. The maximum absolute atomic E-state index is 13.1. The number of ether oxygens (including phenoxy) is 3. The van der Waals surface area contributed by atoms with Gasteiger partial charge in [0.05, 0.1) is 43.9 Å². The van der Waals surface area contributed by atoms with E-state index in [1.807, 2.05) is 12.1 Å². The van der Waals surface area contributed by atoms with Crippen molar-refractivity contribution in [2.45, 2.75) is 6.54 Å². The Morgan fingerprint density at radius 3 is 2.82 bits per heavy atom. The highest BCUT2D eigenvalue weighted by Crippen LogP contribution is 2.31. The number of rotatable bonds is 11. The maximum Gasteiger partial charge on any atom is 0.326 e. The van der Waals surface area contributed by atoms with Crippen molar-refractivity contribution in [1.29, 1.82) is 0 Å². The largest absolute Gasteiger partial charge is 0.491 e. The Hall–Kier alpha value is -4.07. The molecule has 2 amide bonds. The molecule has 4 heterocycles. The molecule has 13 heteroatoms. The van der Waals surface area contributed by atoms with Crippen LogP contribution in [0.5, 0.6) is 5.75 Å². The molecule has 0 spiro atoms. The smallest absolute Gasteiger partial charge is 0.326 e. The van der Waals surface area contributed by atoms with E-state index in [-0.39, 0.29) is 24.4 Å². The number of carbonyl (C=O) groups is 2. The molecular weight excluding hydrogens is 494 g/mol. The van der Waals surface area contributed by atoms with Gasteiger partial charge in [0.15, 0.2) is 0 Å². The Balaban J connectivity index is 1.21. The van der Waals surface area contributed by atoms with Gasteiger partial charge in [-0.2, -0.15) is 0 Å². The average Bonchev–Trinajstić information content (AvgIpc) is 3.56. The molecule has 1 fully saturated rings. The van der Waals surface area contributed by atoms with E-state index in [2.05, 4.69) is 30.7 Å². The zero-order valence-electron chi connectivity index (χ0n) is 21.0. The lowest BCUT2D eigenvalue weighted by Gasteiger charge is -2.30. The Morgan fingerprint density at radius 2 is 1.97 bits per heavy atom. The second-order valence-electron chi connectivity index (χ2n) is 8.64. The first-order valence-corrected chi connectivity index (χ1v) is 12.3. The highest BCUT2D eigenvalue weighted by molar-refractivity contribution is 6.09. The van der Waals surface area contributed by atoms with Gasteiger partial charge in [0.2, 0.25) is 0 Å². The van der Waals surface area contributed by atoms with Crippen molar-refractivity contribution >= 4 is 29.2 Å². The quantitative estimate of drug-likeness (QED) is 0.351. The molecule has 1 saturated heterocycles. The molecule has 0 radical (unpaired) electrons. The highest BCUT2D eigenvalue weighted by atomic mass is 16.5. The molecule has 13 nitrogen and oxygen atoms in total. The summed E-state index contributed by atoms with van der Waals surface area (Å²) in [5.41, 5.74) is 2.67. The van der Waals surface area contributed by atoms with Crippen molar-refractivity contribution in [1.82, 2.24) is 20.5 Å². The van der Waals surface area contributed by atoms with E-state index in [0.29, 0.717) is 43.4 Å². The van der Waals surface area contributed by atoms with Crippen molar-refractivity contribution in [3.63, 3.8) is 0 Å². The highest BCUT2D eigenvalue weighted by Gasteiger charge is 2.33. The molecule has 200 valence electrons. The Kier molecular flexibility index (Phi) is 8.06. The zero-order chi connectivity index (χ0) is 26.3. The predicted molar refractivity (Wildman–Crippen MR) is 137 cm³/mol. The molecule has 1 aromatic carbocycles. The number of piperazine rings is 1. The van der Waals surface area contributed by atoms with Gasteiger partial charge >= 0.3 is 17.8 Å². The molecule has 0 atom stereocenters. The number of methoxy groups -OCH3 is 1. The van der Waals surface area contributed by atoms with Crippen LogP contribution in [0.4, 0.5) is 17.4 Å². The van der Waals surface area contributed by atoms with Gasteiger partial charge in [0.1, 0.15) is 12.4 Å². The lowest BCUT2D eigenvalue weighted by Crippen LogP contribution is -2.43. The monoisotopic (exact) mass is 523 g/mol. The fraction of sp³-hybridized carbons (Fsp3) is 0.400. The van der Waals surface area contributed by atoms with Crippen molar-refractivity contribution in [3.05, 3.63) is 53.7 Å². The van der Waals surface area contributed by atoms with Crippen LogP contribution in [0, 0.1) is 0 Å². The molecule has 2 aliphatic rings. The number of amides is 2. The molecule has 2 N–H and O–H groups in total. The Bertz CT molecular complexity index is 1280. The number of fused-ring (bicyclic) bond motifs is 1. The Morgan fingerprint density at radius 1 is 1.13 bits per heavy atom. The number of benzene rings is 1.